The molecule has 0 aliphatic carbocycles. The minimum atomic E-state index is -0.723. The number of nitrogens with two attached hydrogens (primary N) is 1. The van der Waals surface area contributed by atoms with Crippen molar-refractivity contribution in [2.45, 2.75) is 0 Å². The zero-order valence-electron chi connectivity index (χ0n) is 17.5. The van der Waals surface area contributed by atoms with Gasteiger partial charge in [0.25, 0.3) is 23.5 Å². The van der Waals surface area contributed by atoms with Crippen LogP contribution in [0.2, 0.25) is 0 Å². The number of aromatic amines is 1. The number of ketones is 1. The molecule has 2 heterocycles. The number of rotatable bonds is 5. The fourth-order valence-electron chi connectivity index (χ4n) is 3.91. The van der Waals surface area contributed by atoms with Gasteiger partial charge < -0.3 is 25.3 Å². The summed E-state index contributed by atoms with van der Waals surface area (Å²) in [7, 11) is 1.44. The molecule has 3 amide bonds. The molecular weight excluding hydrogens is 412 g/mol. The predicted molar refractivity (Wildman–Crippen MR) is 117 cm³/mol. The molecule has 32 heavy (non-hydrogen) atoms. The van der Waals surface area contributed by atoms with Crippen LogP contribution < -0.4 is 10.5 Å². The Morgan fingerprint density at radius 1 is 0.906 bits per heavy atom. The summed E-state index contributed by atoms with van der Waals surface area (Å²) in [5.41, 5.74) is 6.64. The van der Waals surface area contributed by atoms with Crippen LogP contribution in [0.3, 0.4) is 0 Å². The van der Waals surface area contributed by atoms with Crippen molar-refractivity contribution >= 4 is 34.4 Å². The molecule has 0 spiro atoms. The summed E-state index contributed by atoms with van der Waals surface area (Å²) < 4.78 is 5.33. The third-order valence-corrected chi connectivity index (χ3v) is 5.60. The summed E-state index contributed by atoms with van der Waals surface area (Å²) in [6.07, 6.45) is 1.38. The van der Waals surface area contributed by atoms with Crippen molar-refractivity contribution in [3.8, 4) is 5.75 Å². The summed E-state index contributed by atoms with van der Waals surface area (Å²) in [5.74, 6) is -1.82. The molecule has 1 aromatic heterocycles. The zero-order valence-corrected chi connectivity index (χ0v) is 17.5. The van der Waals surface area contributed by atoms with Gasteiger partial charge in [-0.1, -0.05) is 18.2 Å². The number of H-pyrrole nitrogens is 1. The molecule has 3 N–H and O–H groups in total. The number of carbonyl (C=O) groups excluding carboxylic acids is 4. The van der Waals surface area contributed by atoms with Gasteiger partial charge in [0.05, 0.1) is 29.1 Å². The Bertz CT molecular complexity index is 1210. The number of hydrogen-bond donors (Lipinski definition) is 2. The maximum Gasteiger partial charge on any atom is 0.295 e. The first-order valence-corrected chi connectivity index (χ1v) is 10.1. The number of hydrogen-bond acceptors (Lipinski definition) is 5. The van der Waals surface area contributed by atoms with Gasteiger partial charge in [-0.15, -0.1) is 0 Å². The van der Waals surface area contributed by atoms with Gasteiger partial charge in [0, 0.05) is 37.9 Å². The second-order valence-electron chi connectivity index (χ2n) is 7.41. The molecule has 9 heteroatoms. The van der Waals surface area contributed by atoms with Gasteiger partial charge in [0.15, 0.2) is 0 Å². The molecule has 0 radical (unpaired) electrons. The Balaban J connectivity index is 1.52. The number of Topliss-reactive ketones (excluding diaryl/α,β-unsaturated/α-hetero) is 1. The van der Waals surface area contributed by atoms with E-state index < -0.39 is 17.6 Å². The fraction of sp³-hybridized carbons (Fsp3) is 0.217. The highest BCUT2D eigenvalue weighted by Gasteiger charge is 2.31. The quantitative estimate of drug-likeness (QED) is 0.464. The number of benzene rings is 2. The van der Waals surface area contributed by atoms with Gasteiger partial charge in [0.2, 0.25) is 0 Å². The van der Waals surface area contributed by atoms with E-state index in [2.05, 4.69) is 4.98 Å². The van der Waals surface area contributed by atoms with E-state index >= 15 is 0 Å². The maximum atomic E-state index is 13.0. The average Bonchev–Trinajstić information content (AvgIpc) is 3.28. The van der Waals surface area contributed by atoms with E-state index in [1.54, 1.807) is 29.2 Å². The molecule has 0 saturated carbocycles. The van der Waals surface area contributed by atoms with E-state index in [0.29, 0.717) is 35.3 Å². The normalized spacial score (nSPS) is 13.8. The fourth-order valence-corrected chi connectivity index (χ4v) is 3.91. The maximum absolute atomic E-state index is 13.0. The van der Waals surface area contributed by atoms with Gasteiger partial charge in [-0.2, -0.15) is 0 Å². The van der Waals surface area contributed by atoms with Crippen molar-refractivity contribution in [1.82, 2.24) is 14.8 Å². The van der Waals surface area contributed by atoms with Crippen LogP contribution in [0.1, 0.15) is 31.1 Å². The number of nitrogens with zero attached hydrogens (tertiary/aromatic N) is 2. The van der Waals surface area contributed by atoms with E-state index in [9.17, 15) is 19.2 Å². The van der Waals surface area contributed by atoms with E-state index in [0.717, 1.165) is 0 Å². The van der Waals surface area contributed by atoms with Crippen LogP contribution in [0.15, 0.2) is 48.7 Å². The number of ether oxygens (including phenoxy) is 1. The molecule has 0 bridgehead atoms. The number of carbonyl (C=O) groups is 4. The summed E-state index contributed by atoms with van der Waals surface area (Å²) in [6.45, 7) is 1.15. The molecule has 164 valence electrons. The number of amides is 3. The topological polar surface area (TPSA) is 126 Å². The first-order chi connectivity index (χ1) is 15.4. The molecule has 1 saturated heterocycles. The SMILES string of the molecule is COc1ccc(C(N)=O)c2[nH]cc(C(=O)C(=O)N3CCN(C(=O)c4ccccc4)CC3)c12. The smallest absolute Gasteiger partial charge is 0.295 e. The second kappa shape index (κ2) is 8.54. The van der Waals surface area contributed by atoms with Gasteiger partial charge in [-0.25, -0.2) is 0 Å². The van der Waals surface area contributed by atoms with Crippen molar-refractivity contribution in [2.24, 2.45) is 5.73 Å². The predicted octanol–water partition coefficient (Wildman–Crippen LogP) is 1.44. The molecule has 0 atom stereocenters. The van der Waals surface area contributed by atoms with Crippen molar-refractivity contribution in [2.75, 3.05) is 33.3 Å². The molecule has 2 aromatic carbocycles. The Kier molecular flexibility index (Phi) is 5.63. The van der Waals surface area contributed by atoms with Crippen LogP contribution in [0.25, 0.3) is 10.9 Å². The molecule has 0 unspecified atom stereocenters. The molecule has 1 fully saturated rings. The highest BCUT2D eigenvalue weighted by Crippen LogP contribution is 2.31. The summed E-state index contributed by atoms with van der Waals surface area (Å²) in [4.78, 5) is 56.3. The lowest BCUT2D eigenvalue weighted by atomic mass is 10.0. The number of methoxy groups -OCH3 is 1. The summed E-state index contributed by atoms with van der Waals surface area (Å²) in [6, 6.07) is 12.0. The Morgan fingerprint density at radius 3 is 2.19 bits per heavy atom. The number of piperazine rings is 1. The number of primary amides is 1. The second-order valence-corrected chi connectivity index (χ2v) is 7.41. The Morgan fingerprint density at radius 2 is 1.56 bits per heavy atom. The van der Waals surface area contributed by atoms with Crippen LogP contribution in [0, 0.1) is 0 Å². The van der Waals surface area contributed by atoms with E-state index in [1.165, 1.54) is 30.3 Å². The molecular formula is C23H22N4O5. The molecule has 9 nitrogen and oxygen atoms in total. The van der Waals surface area contributed by atoms with Crippen molar-refractivity contribution < 1.29 is 23.9 Å². The largest absolute Gasteiger partial charge is 0.496 e. The summed E-state index contributed by atoms with van der Waals surface area (Å²) in [5, 5.41) is 0.333. The van der Waals surface area contributed by atoms with Gasteiger partial charge in [0.1, 0.15) is 5.75 Å². The Hall–Kier alpha value is -4.14. The lowest BCUT2D eigenvalue weighted by Gasteiger charge is -2.34. The number of aromatic nitrogens is 1. The van der Waals surface area contributed by atoms with Crippen LogP contribution >= 0.6 is 0 Å². The lowest BCUT2D eigenvalue weighted by molar-refractivity contribution is -0.127. The molecule has 1 aliphatic rings. The van der Waals surface area contributed by atoms with Crippen LogP contribution in [0.5, 0.6) is 5.75 Å². The van der Waals surface area contributed by atoms with Gasteiger partial charge in [-0.3, -0.25) is 19.2 Å². The highest BCUT2D eigenvalue weighted by molar-refractivity contribution is 6.45. The van der Waals surface area contributed by atoms with Crippen molar-refractivity contribution in [3.63, 3.8) is 0 Å². The monoisotopic (exact) mass is 434 g/mol. The van der Waals surface area contributed by atoms with Crippen molar-refractivity contribution in [1.29, 1.82) is 0 Å². The summed E-state index contributed by atoms with van der Waals surface area (Å²) >= 11 is 0. The first-order valence-electron chi connectivity index (χ1n) is 10.1. The minimum absolute atomic E-state index is 0.104. The van der Waals surface area contributed by atoms with Crippen molar-refractivity contribution in [3.05, 3.63) is 65.4 Å². The van der Waals surface area contributed by atoms with Crippen LogP contribution in [0.4, 0.5) is 0 Å². The average molecular weight is 434 g/mol. The highest BCUT2D eigenvalue weighted by atomic mass is 16.5. The first kappa shape index (κ1) is 21.1. The number of nitrogens with one attached hydrogen (secondary N) is 1. The van der Waals surface area contributed by atoms with Crippen LogP contribution in [-0.2, 0) is 4.79 Å². The zero-order chi connectivity index (χ0) is 22.8. The minimum Gasteiger partial charge on any atom is -0.496 e. The van der Waals surface area contributed by atoms with E-state index in [4.69, 9.17) is 10.5 Å². The Labute approximate surface area is 183 Å². The molecule has 3 aromatic rings. The van der Waals surface area contributed by atoms with E-state index in [-0.39, 0.29) is 30.1 Å². The van der Waals surface area contributed by atoms with Gasteiger partial charge >= 0.3 is 0 Å². The molecule has 1 aliphatic heterocycles. The van der Waals surface area contributed by atoms with Crippen LogP contribution in [-0.4, -0.2) is 71.6 Å². The lowest BCUT2D eigenvalue weighted by Crippen LogP contribution is -2.52. The van der Waals surface area contributed by atoms with E-state index in [1.807, 2.05) is 6.07 Å². The standard InChI is InChI=1S/C23H22N4O5/c1-32-17-8-7-15(21(24)29)19-18(17)16(13-25-19)20(28)23(31)27-11-9-26(10-12-27)22(30)14-5-3-2-4-6-14/h2-8,13,25H,9-12H2,1H3,(H2,24,29). The number of fused-ring (bicyclic) bond motifs is 1. The molecule has 4 rings (SSSR count). The third kappa shape index (κ3) is 3.68. The third-order valence-electron chi connectivity index (χ3n) is 5.60. The van der Waals surface area contributed by atoms with Gasteiger partial charge in [-0.05, 0) is 24.3 Å².